The first-order valence-electron chi connectivity index (χ1n) is 8.38. The van der Waals surface area contributed by atoms with Crippen LogP contribution < -0.4 is 10.6 Å². The lowest BCUT2D eigenvalue weighted by Crippen LogP contribution is -2.50. The van der Waals surface area contributed by atoms with Crippen molar-refractivity contribution in [1.82, 2.24) is 15.5 Å². The number of hydrogen-bond acceptors (Lipinski definition) is 2. The molecule has 2 N–H and O–H groups in total. The van der Waals surface area contributed by atoms with Gasteiger partial charge < -0.3 is 15.5 Å². The third-order valence-corrected chi connectivity index (χ3v) is 4.15. The van der Waals surface area contributed by atoms with Gasteiger partial charge in [-0.25, -0.2) is 4.79 Å². The van der Waals surface area contributed by atoms with Gasteiger partial charge in [-0.2, -0.15) is 0 Å². The van der Waals surface area contributed by atoms with Gasteiger partial charge in [0, 0.05) is 19.1 Å². The molecule has 0 radical (unpaired) electrons. The molecule has 2 rings (SSSR count). The lowest BCUT2D eigenvalue weighted by molar-refractivity contribution is -0.126. The fourth-order valence-electron chi connectivity index (χ4n) is 2.87. The monoisotopic (exact) mass is 317 g/mol. The maximum atomic E-state index is 12.5. The lowest BCUT2D eigenvalue weighted by atomic mass is 9.96. The summed E-state index contributed by atoms with van der Waals surface area (Å²) >= 11 is 0. The van der Waals surface area contributed by atoms with E-state index in [4.69, 9.17) is 0 Å². The molecule has 1 aliphatic rings. The number of piperidine rings is 1. The highest BCUT2D eigenvalue weighted by molar-refractivity contribution is 5.81. The first-order valence-corrected chi connectivity index (χ1v) is 8.38. The Hall–Kier alpha value is -2.04. The molecule has 0 aromatic heterocycles. The van der Waals surface area contributed by atoms with Gasteiger partial charge in [0.25, 0.3) is 0 Å². The highest BCUT2D eigenvalue weighted by atomic mass is 16.2. The van der Waals surface area contributed by atoms with Crippen molar-refractivity contribution in [1.29, 1.82) is 0 Å². The van der Waals surface area contributed by atoms with E-state index in [2.05, 4.69) is 10.6 Å². The molecule has 1 aromatic carbocycles. The Morgan fingerprint density at radius 3 is 2.48 bits per heavy atom. The minimum absolute atomic E-state index is 0.0245. The maximum Gasteiger partial charge on any atom is 0.317 e. The zero-order valence-corrected chi connectivity index (χ0v) is 14.2. The number of carbonyl (C=O) groups excluding carboxylic acids is 2. The fraction of sp³-hybridized carbons (Fsp3) is 0.556. The quantitative estimate of drug-likeness (QED) is 0.897. The van der Waals surface area contributed by atoms with Crippen LogP contribution in [0.2, 0.25) is 0 Å². The van der Waals surface area contributed by atoms with E-state index in [-0.39, 0.29) is 29.9 Å². The van der Waals surface area contributed by atoms with Crippen LogP contribution >= 0.6 is 0 Å². The molecule has 1 saturated heterocycles. The molecular formula is C18H27N3O2. The number of rotatable bonds is 4. The molecule has 0 spiro atoms. The number of urea groups is 1. The number of amides is 3. The summed E-state index contributed by atoms with van der Waals surface area (Å²) < 4.78 is 0. The SMILES string of the molecule is CC(C)NC(=O)N1CCCC(C(=O)NC(C)c2ccccc2)C1. The molecule has 23 heavy (non-hydrogen) atoms. The van der Waals surface area contributed by atoms with Crippen LogP contribution in [0.5, 0.6) is 0 Å². The van der Waals surface area contributed by atoms with Crippen LogP contribution in [0.25, 0.3) is 0 Å². The molecule has 3 amide bonds. The van der Waals surface area contributed by atoms with Crippen molar-refractivity contribution in [2.75, 3.05) is 13.1 Å². The molecule has 5 heteroatoms. The van der Waals surface area contributed by atoms with Crippen LogP contribution in [0, 0.1) is 5.92 Å². The minimum atomic E-state index is -0.132. The number of carbonyl (C=O) groups is 2. The number of nitrogens with one attached hydrogen (secondary N) is 2. The molecule has 1 fully saturated rings. The smallest absolute Gasteiger partial charge is 0.317 e. The average molecular weight is 317 g/mol. The standard InChI is InChI=1S/C18H27N3O2/c1-13(2)19-18(23)21-11-7-10-16(12-21)17(22)20-14(3)15-8-5-4-6-9-15/h4-6,8-9,13-14,16H,7,10-12H2,1-3H3,(H,19,23)(H,20,22). The van der Waals surface area contributed by atoms with Gasteiger partial charge in [-0.1, -0.05) is 30.3 Å². The predicted octanol–water partition coefficient (Wildman–Crippen LogP) is 2.69. The molecule has 0 saturated carbocycles. The first kappa shape index (κ1) is 17.3. The van der Waals surface area contributed by atoms with Gasteiger partial charge in [0.1, 0.15) is 0 Å². The van der Waals surface area contributed by atoms with Crippen LogP contribution in [-0.2, 0) is 4.79 Å². The molecule has 0 aliphatic carbocycles. The van der Waals surface area contributed by atoms with E-state index < -0.39 is 0 Å². The van der Waals surface area contributed by atoms with E-state index in [1.807, 2.05) is 51.1 Å². The summed E-state index contributed by atoms with van der Waals surface area (Å²) in [6.45, 7) is 7.07. The average Bonchev–Trinajstić information content (AvgIpc) is 2.55. The van der Waals surface area contributed by atoms with Crippen LogP contribution in [0.15, 0.2) is 30.3 Å². The summed E-state index contributed by atoms with van der Waals surface area (Å²) in [4.78, 5) is 26.4. The number of nitrogens with zero attached hydrogens (tertiary/aromatic N) is 1. The number of hydrogen-bond donors (Lipinski definition) is 2. The largest absolute Gasteiger partial charge is 0.349 e. The molecule has 126 valence electrons. The van der Waals surface area contributed by atoms with E-state index in [1.165, 1.54) is 0 Å². The Morgan fingerprint density at radius 1 is 1.13 bits per heavy atom. The molecule has 0 bridgehead atoms. The van der Waals surface area contributed by atoms with Crippen molar-refractivity contribution in [2.45, 2.75) is 45.7 Å². The van der Waals surface area contributed by atoms with Crippen molar-refractivity contribution >= 4 is 11.9 Å². The third kappa shape index (κ3) is 4.98. The van der Waals surface area contributed by atoms with Gasteiger partial charge in [-0.05, 0) is 39.2 Å². The van der Waals surface area contributed by atoms with Gasteiger partial charge in [0.15, 0.2) is 0 Å². The summed E-state index contributed by atoms with van der Waals surface area (Å²) in [5, 5.41) is 5.96. The van der Waals surface area contributed by atoms with Crippen LogP contribution in [0.4, 0.5) is 4.79 Å². The van der Waals surface area contributed by atoms with E-state index in [9.17, 15) is 9.59 Å². The van der Waals surface area contributed by atoms with Gasteiger partial charge in [-0.15, -0.1) is 0 Å². The second-order valence-electron chi connectivity index (χ2n) is 6.53. The summed E-state index contributed by atoms with van der Waals surface area (Å²) in [5.74, 6) is -0.101. The topological polar surface area (TPSA) is 61.4 Å². The van der Waals surface area contributed by atoms with Crippen molar-refractivity contribution < 1.29 is 9.59 Å². The molecule has 1 aliphatic heterocycles. The summed E-state index contributed by atoms with van der Waals surface area (Å²) in [5.41, 5.74) is 1.09. The minimum Gasteiger partial charge on any atom is -0.349 e. The molecule has 5 nitrogen and oxygen atoms in total. The zero-order valence-electron chi connectivity index (χ0n) is 14.2. The zero-order chi connectivity index (χ0) is 16.8. The molecule has 1 heterocycles. The Bertz CT molecular complexity index is 530. The Kier molecular flexibility index (Phi) is 6.02. The van der Waals surface area contributed by atoms with E-state index in [0.717, 1.165) is 24.9 Å². The van der Waals surface area contributed by atoms with Gasteiger partial charge >= 0.3 is 6.03 Å². The Morgan fingerprint density at radius 2 is 1.83 bits per heavy atom. The van der Waals surface area contributed by atoms with Gasteiger partial charge in [0.2, 0.25) is 5.91 Å². The molecule has 2 atom stereocenters. The van der Waals surface area contributed by atoms with Crippen molar-refractivity contribution in [3.05, 3.63) is 35.9 Å². The fourth-order valence-corrected chi connectivity index (χ4v) is 2.87. The molecule has 2 unspecified atom stereocenters. The van der Waals surface area contributed by atoms with Crippen molar-refractivity contribution in [3.63, 3.8) is 0 Å². The van der Waals surface area contributed by atoms with E-state index in [0.29, 0.717) is 6.54 Å². The predicted molar refractivity (Wildman–Crippen MR) is 91.0 cm³/mol. The Balaban J connectivity index is 1.90. The molecule has 1 aromatic rings. The summed E-state index contributed by atoms with van der Waals surface area (Å²) in [7, 11) is 0. The Labute approximate surface area is 138 Å². The second-order valence-corrected chi connectivity index (χ2v) is 6.53. The van der Waals surface area contributed by atoms with Gasteiger partial charge in [-0.3, -0.25) is 4.79 Å². The number of likely N-dealkylation sites (tertiary alicyclic amines) is 1. The normalized spacial score (nSPS) is 19.3. The van der Waals surface area contributed by atoms with Crippen LogP contribution in [-0.4, -0.2) is 36.0 Å². The van der Waals surface area contributed by atoms with Crippen molar-refractivity contribution in [3.8, 4) is 0 Å². The lowest BCUT2D eigenvalue weighted by Gasteiger charge is -2.33. The summed E-state index contributed by atoms with van der Waals surface area (Å²) in [6, 6.07) is 9.92. The third-order valence-electron chi connectivity index (χ3n) is 4.15. The second kappa shape index (κ2) is 7.99. The highest BCUT2D eigenvalue weighted by Crippen LogP contribution is 2.19. The molecular weight excluding hydrogens is 290 g/mol. The van der Waals surface area contributed by atoms with Crippen LogP contribution in [0.1, 0.15) is 45.2 Å². The van der Waals surface area contributed by atoms with E-state index >= 15 is 0 Å². The van der Waals surface area contributed by atoms with E-state index in [1.54, 1.807) is 4.90 Å². The van der Waals surface area contributed by atoms with Crippen molar-refractivity contribution in [2.24, 2.45) is 5.92 Å². The van der Waals surface area contributed by atoms with Crippen LogP contribution in [0.3, 0.4) is 0 Å². The van der Waals surface area contributed by atoms with Gasteiger partial charge in [0.05, 0.1) is 12.0 Å². The first-order chi connectivity index (χ1) is 11.0. The highest BCUT2D eigenvalue weighted by Gasteiger charge is 2.29. The number of benzene rings is 1. The summed E-state index contributed by atoms with van der Waals surface area (Å²) in [6.07, 6.45) is 1.70. The maximum absolute atomic E-state index is 12.5.